The van der Waals surface area contributed by atoms with Crippen molar-refractivity contribution < 1.29 is 19.2 Å². The van der Waals surface area contributed by atoms with E-state index < -0.39 is 11.6 Å². The minimum atomic E-state index is -0.767. The molecule has 1 saturated carbocycles. The number of halogens is 1. The van der Waals surface area contributed by atoms with Crippen LogP contribution in [0.5, 0.6) is 0 Å². The molecule has 3 N–H and O–H groups in total. The van der Waals surface area contributed by atoms with Gasteiger partial charge in [-0.3, -0.25) is 19.3 Å². The zero-order valence-electron chi connectivity index (χ0n) is 14.9. The van der Waals surface area contributed by atoms with E-state index in [4.69, 9.17) is 0 Å². The van der Waals surface area contributed by atoms with E-state index in [-0.39, 0.29) is 30.7 Å². The Morgan fingerprint density at radius 2 is 1.89 bits per heavy atom. The summed E-state index contributed by atoms with van der Waals surface area (Å²) in [6.07, 6.45) is 3.10. The summed E-state index contributed by atoms with van der Waals surface area (Å²) in [6.45, 7) is 1.39. The highest BCUT2D eigenvalue weighted by Gasteiger charge is 2.52. The molecule has 1 aliphatic carbocycles. The van der Waals surface area contributed by atoms with E-state index in [2.05, 4.69) is 31.9 Å². The van der Waals surface area contributed by atoms with Crippen LogP contribution in [0.25, 0.3) is 0 Å². The Hall–Kier alpha value is -2.42. The first kappa shape index (κ1) is 19.3. The molecule has 0 aromatic heterocycles. The summed E-state index contributed by atoms with van der Waals surface area (Å²) in [7, 11) is 0. The Balaban J connectivity index is 1.62. The molecular formula is C18H21BrN4O4. The van der Waals surface area contributed by atoms with Crippen LogP contribution >= 0.6 is 15.9 Å². The molecule has 2 fully saturated rings. The van der Waals surface area contributed by atoms with Crippen molar-refractivity contribution in [2.24, 2.45) is 0 Å². The number of carbonyl (C=O) groups excluding carboxylic acids is 4. The number of anilines is 2. The number of urea groups is 1. The molecule has 1 saturated heterocycles. The average Bonchev–Trinajstić information content (AvgIpc) is 3.14. The van der Waals surface area contributed by atoms with Crippen molar-refractivity contribution in [2.45, 2.75) is 44.6 Å². The molecule has 1 heterocycles. The minimum absolute atomic E-state index is 0.0156. The molecule has 1 aliphatic heterocycles. The van der Waals surface area contributed by atoms with Crippen LogP contribution in [-0.2, 0) is 14.4 Å². The Bertz CT molecular complexity index is 805. The third-order valence-corrected chi connectivity index (χ3v) is 5.33. The molecule has 1 spiro atoms. The van der Waals surface area contributed by atoms with Gasteiger partial charge in [0.15, 0.2) is 0 Å². The van der Waals surface area contributed by atoms with Crippen molar-refractivity contribution >= 4 is 51.1 Å². The molecule has 3 rings (SSSR count). The van der Waals surface area contributed by atoms with Crippen LogP contribution < -0.4 is 16.0 Å². The van der Waals surface area contributed by atoms with E-state index in [1.807, 2.05) is 0 Å². The van der Waals surface area contributed by atoms with E-state index in [1.165, 1.54) is 6.92 Å². The standard InChI is InChI=1S/C18H21BrN4O4/c1-11(24)20-13-5-4-12(19)10-14(13)21-15(25)6-9-23-16(26)18(22-17(23)27)7-2-3-8-18/h4-5,10H,2-3,6-9H2,1H3,(H,20,24)(H,21,25)(H,22,27). The van der Waals surface area contributed by atoms with E-state index in [0.29, 0.717) is 24.2 Å². The number of hydrogen-bond donors (Lipinski definition) is 3. The molecule has 5 amide bonds. The molecule has 0 atom stereocenters. The van der Waals surface area contributed by atoms with E-state index in [1.54, 1.807) is 18.2 Å². The second-order valence-corrected chi connectivity index (χ2v) is 7.76. The summed E-state index contributed by atoms with van der Waals surface area (Å²) in [4.78, 5) is 49.5. The molecule has 0 bridgehead atoms. The number of nitrogens with one attached hydrogen (secondary N) is 3. The van der Waals surface area contributed by atoms with E-state index in [9.17, 15) is 19.2 Å². The van der Waals surface area contributed by atoms with Gasteiger partial charge in [0, 0.05) is 24.4 Å². The molecule has 0 radical (unpaired) electrons. The fourth-order valence-electron chi connectivity index (χ4n) is 3.54. The van der Waals surface area contributed by atoms with E-state index >= 15 is 0 Å². The number of benzene rings is 1. The third-order valence-electron chi connectivity index (χ3n) is 4.83. The van der Waals surface area contributed by atoms with Crippen molar-refractivity contribution in [1.29, 1.82) is 0 Å². The number of hydrogen-bond acceptors (Lipinski definition) is 4. The molecule has 9 heteroatoms. The van der Waals surface area contributed by atoms with Crippen LogP contribution in [0.4, 0.5) is 16.2 Å². The predicted molar refractivity (Wildman–Crippen MR) is 103 cm³/mol. The molecule has 1 aromatic rings. The Kier molecular flexibility index (Phi) is 5.50. The van der Waals surface area contributed by atoms with Gasteiger partial charge >= 0.3 is 6.03 Å². The first-order valence-electron chi connectivity index (χ1n) is 8.82. The SMILES string of the molecule is CC(=O)Nc1ccc(Br)cc1NC(=O)CCN1C(=O)NC2(CCCC2)C1=O. The zero-order valence-corrected chi connectivity index (χ0v) is 16.5. The molecule has 0 unspecified atom stereocenters. The summed E-state index contributed by atoms with van der Waals surface area (Å²) in [5.74, 6) is -0.846. The largest absolute Gasteiger partial charge is 0.325 e. The Morgan fingerprint density at radius 3 is 2.56 bits per heavy atom. The minimum Gasteiger partial charge on any atom is -0.325 e. The second kappa shape index (κ2) is 7.67. The van der Waals surface area contributed by atoms with Gasteiger partial charge in [-0.15, -0.1) is 0 Å². The summed E-state index contributed by atoms with van der Waals surface area (Å²) in [5, 5.41) is 8.16. The van der Waals surface area contributed by atoms with Crippen LogP contribution in [-0.4, -0.2) is 40.7 Å². The van der Waals surface area contributed by atoms with Gasteiger partial charge in [-0.05, 0) is 31.0 Å². The predicted octanol–water partition coefficient (Wildman–Crippen LogP) is 2.60. The first-order valence-corrected chi connectivity index (χ1v) is 9.61. The Morgan fingerprint density at radius 1 is 1.19 bits per heavy atom. The molecule has 2 aliphatic rings. The number of rotatable bonds is 5. The van der Waals surface area contributed by atoms with E-state index in [0.717, 1.165) is 22.2 Å². The van der Waals surface area contributed by atoms with Gasteiger partial charge in [0.2, 0.25) is 11.8 Å². The number of carbonyl (C=O) groups is 4. The van der Waals surface area contributed by atoms with Gasteiger partial charge in [-0.25, -0.2) is 4.79 Å². The molecule has 8 nitrogen and oxygen atoms in total. The quantitative estimate of drug-likeness (QED) is 0.616. The molecule has 1 aromatic carbocycles. The van der Waals surface area contributed by atoms with Gasteiger partial charge in [0.1, 0.15) is 5.54 Å². The lowest BCUT2D eigenvalue weighted by molar-refractivity contribution is -0.131. The first-order chi connectivity index (χ1) is 12.8. The fourth-order valence-corrected chi connectivity index (χ4v) is 3.90. The number of imide groups is 1. The van der Waals surface area contributed by atoms with Crippen LogP contribution in [0, 0.1) is 0 Å². The van der Waals surface area contributed by atoms with Crippen molar-refractivity contribution in [3.05, 3.63) is 22.7 Å². The maximum Gasteiger partial charge on any atom is 0.325 e. The lowest BCUT2D eigenvalue weighted by atomic mass is 9.98. The summed E-state index contributed by atoms with van der Waals surface area (Å²) in [6, 6.07) is 4.65. The van der Waals surface area contributed by atoms with Crippen molar-refractivity contribution in [3.63, 3.8) is 0 Å². The van der Waals surface area contributed by atoms with Gasteiger partial charge in [-0.1, -0.05) is 28.8 Å². The summed E-state index contributed by atoms with van der Waals surface area (Å²) < 4.78 is 0.740. The molecule has 144 valence electrons. The lowest BCUT2D eigenvalue weighted by Crippen LogP contribution is -2.44. The van der Waals surface area contributed by atoms with Crippen LogP contribution in [0.2, 0.25) is 0 Å². The van der Waals surface area contributed by atoms with Crippen molar-refractivity contribution in [3.8, 4) is 0 Å². The third kappa shape index (κ3) is 4.13. The summed E-state index contributed by atoms with van der Waals surface area (Å²) in [5.41, 5.74) is 0.143. The Labute approximate surface area is 165 Å². The monoisotopic (exact) mass is 436 g/mol. The van der Waals surface area contributed by atoms with Crippen LogP contribution in [0.3, 0.4) is 0 Å². The highest BCUT2D eigenvalue weighted by molar-refractivity contribution is 9.10. The maximum atomic E-state index is 12.6. The lowest BCUT2D eigenvalue weighted by Gasteiger charge is -2.20. The summed E-state index contributed by atoms with van der Waals surface area (Å²) >= 11 is 3.33. The molecule has 27 heavy (non-hydrogen) atoms. The smallest absolute Gasteiger partial charge is 0.325 e. The fraction of sp³-hybridized carbons (Fsp3) is 0.444. The number of nitrogens with zero attached hydrogens (tertiary/aromatic N) is 1. The normalized spacial score (nSPS) is 17.9. The van der Waals surface area contributed by atoms with Gasteiger partial charge < -0.3 is 16.0 Å². The van der Waals surface area contributed by atoms with Gasteiger partial charge in [0.05, 0.1) is 11.4 Å². The molecular weight excluding hydrogens is 416 g/mol. The number of amides is 5. The topological polar surface area (TPSA) is 108 Å². The highest BCUT2D eigenvalue weighted by atomic mass is 79.9. The second-order valence-electron chi connectivity index (χ2n) is 6.85. The van der Waals surface area contributed by atoms with Crippen LogP contribution in [0.15, 0.2) is 22.7 Å². The van der Waals surface area contributed by atoms with Gasteiger partial charge in [-0.2, -0.15) is 0 Å². The average molecular weight is 437 g/mol. The maximum absolute atomic E-state index is 12.6. The zero-order chi connectivity index (χ0) is 19.6. The highest BCUT2D eigenvalue weighted by Crippen LogP contribution is 2.35. The van der Waals surface area contributed by atoms with Crippen molar-refractivity contribution in [1.82, 2.24) is 10.2 Å². The van der Waals surface area contributed by atoms with Gasteiger partial charge in [0.25, 0.3) is 5.91 Å². The van der Waals surface area contributed by atoms with Crippen molar-refractivity contribution in [2.75, 3.05) is 17.2 Å². The van der Waals surface area contributed by atoms with Crippen LogP contribution in [0.1, 0.15) is 39.0 Å².